The molecule has 0 atom stereocenters. The van der Waals surface area contributed by atoms with Gasteiger partial charge in [0.25, 0.3) is 0 Å². The fraction of sp³-hybridized carbons (Fsp3) is 0.286. The molecule has 0 bridgehead atoms. The van der Waals surface area contributed by atoms with E-state index in [1.807, 2.05) is 54.9 Å². The van der Waals surface area contributed by atoms with Crippen LogP contribution in [0.4, 0.5) is 5.69 Å². The molecule has 6 nitrogen and oxygen atoms in total. The molecular weight excluding hydrogens is 286 g/mol. The molecule has 7 heteroatoms. The van der Waals surface area contributed by atoms with Crippen molar-refractivity contribution < 1.29 is 4.79 Å². The van der Waals surface area contributed by atoms with Gasteiger partial charge in [-0.25, -0.2) is 0 Å². The van der Waals surface area contributed by atoms with E-state index in [9.17, 15) is 4.79 Å². The molecule has 0 aliphatic rings. The van der Waals surface area contributed by atoms with Crippen LogP contribution in [0.1, 0.15) is 5.82 Å². The Balaban J connectivity index is 2.06. The molecule has 0 radical (unpaired) electrons. The third-order valence-corrected chi connectivity index (χ3v) is 3.98. The number of amides is 1. The van der Waals surface area contributed by atoms with Crippen LogP contribution in [0.3, 0.4) is 0 Å². The van der Waals surface area contributed by atoms with E-state index in [1.165, 1.54) is 16.7 Å². The van der Waals surface area contributed by atoms with Crippen LogP contribution in [-0.4, -0.2) is 33.0 Å². The molecule has 0 aliphatic carbocycles. The summed E-state index contributed by atoms with van der Waals surface area (Å²) in [5.74, 6) is 0.873. The van der Waals surface area contributed by atoms with E-state index in [1.54, 1.807) is 0 Å². The summed E-state index contributed by atoms with van der Waals surface area (Å²) in [6.07, 6.45) is 0. The van der Waals surface area contributed by atoms with Gasteiger partial charge in [-0.3, -0.25) is 9.69 Å². The number of thioether (sulfide) groups is 1. The van der Waals surface area contributed by atoms with Gasteiger partial charge in [0.15, 0.2) is 5.16 Å². The number of aromatic nitrogens is 3. The summed E-state index contributed by atoms with van der Waals surface area (Å²) in [7, 11) is 1.85. The summed E-state index contributed by atoms with van der Waals surface area (Å²) in [5, 5.41) is 17.5. The number of rotatable bonds is 5. The van der Waals surface area contributed by atoms with Crippen molar-refractivity contribution in [2.45, 2.75) is 12.1 Å². The maximum Gasteiger partial charge on any atom is 0.238 e. The Bertz CT molecular complexity index is 662. The van der Waals surface area contributed by atoms with Crippen molar-refractivity contribution in [2.75, 3.05) is 17.2 Å². The summed E-state index contributed by atoms with van der Waals surface area (Å²) in [6.45, 7) is 1.88. The maximum atomic E-state index is 12.3. The van der Waals surface area contributed by atoms with Gasteiger partial charge >= 0.3 is 0 Å². The van der Waals surface area contributed by atoms with Crippen molar-refractivity contribution in [3.63, 3.8) is 0 Å². The lowest BCUT2D eigenvalue weighted by atomic mass is 10.3. The molecule has 1 aromatic carbocycles. The smallest absolute Gasteiger partial charge is 0.238 e. The summed E-state index contributed by atoms with van der Waals surface area (Å²) in [6, 6.07) is 11.2. The average molecular weight is 301 g/mol. The Kier molecular flexibility index (Phi) is 4.95. The molecular formula is C14H15N5OS. The fourth-order valence-corrected chi connectivity index (χ4v) is 2.55. The van der Waals surface area contributed by atoms with Crippen molar-refractivity contribution in [3.05, 3.63) is 36.2 Å². The predicted octanol–water partition coefficient (Wildman–Crippen LogP) is 1.77. The Hall–Kier alpha value is -2.33. The Morgan fingerprint density at radius 2 is 2.10 bits per heavy atom. The minimum atomic E-state index is -0.131. The van der Waals surface area contributed by atoms with Gasteiger partial charge in [0.2, 0.25) is 5.91 Å². The number of para-hydroxylation sites is 1. The Morgan fingerprint density at radius 3 is 2.67 bits per heavy atom. The number of carbonyl (C=O) groups is 1. The third-order valence-electron chi connectivity index (χ3n) is 2.98. The predicted molar refractivity (Wildman–Crippen MR) is 80.9 cm³/mol. The van der Waals surface area contributed by atoms with Crippen molar-refractivity contribution in [2.24, 2.45) is 7.05 Å². The summed E-state index contributed by atoms with van der Waals surface area (Å²) in [4.78, 5) is 13.8. The molecule has 1 amide bonds. The van der Waals surface area contributed by atoms with Gasteiger partial charge < -0.3 is 4.57 Å². The SMILES string of the molecule is Cc1nnc(SCC(=O)N(CC#N)c2ccccc2)n1C. The van der Waals surface area contributed by atoms with Gasteiger partial charge in [0, 0.05) is 12.7 Å². The average Bonchev–Trinajstić information content (AvgIpc) is 2.83. The standard InChI is InChI=1S/C14H15N5OS/c1-11-16-17-14(18(11)2)21-10-13(20)19(9-8-15)12-6-4-3-5-7-12/h3-7H,9-10H2,1-2H3. The zero-order valence-electron chi connectivity index (χ0n) is 11.9. The molecule has 1 heterocycles. The number of benzene rings is 1. The largest absolute Gasteiger partial charge is 0.309 e. The van der Waals surface area contributed by atoms with Crippen molar-refractivity contribution in [3.8, 4) is 6.07 Å². The van der Waals surface area contributed by atoms with Crippen molar-refractivity contribution in [1.29, 1.82) is 5.26 Å². The second kappa shape index (κ2) is 6.90. The van der Waals surface area contributed by atoms with Crippen molar-refractivity contribution >= 4 is 23.4 Å². The first-order chi connectivity index (χ1) is 10.1. The first kappa shape index (κ1) is 15.1. The first-order valence-electron chi connectivity index (χ1n) is 6.34. The lowest BCUT2D eigenvalue weighted by Gasteiger charge is -2.19. The van der Waals surface area contributed by atoms with E-state index in [-0.39, 0.29) is 18.2 Å². The number of anilines is 1. The second-order valence-electron chi connectivity index (χ2n) is 4.35. The zero-order chi connectivity index (χ0) is 15.2. The molecule has 0 spiro atoms. The van der Waals surface area contributed by atoms with Crippen LogP contribution < -0.4 is 4.90 Å². The molecule has 0 fully saturated rings. The lowest BCUT2D eigenvalue weighted by Crippen LogP contribution is -2.32. The third kappa shape index (κ3) is 3.61. The highest BCUT2D eigenvalue weighted by molar-refractivity contribution is 7.99. The topological polar surface area (TPSA) is 74.8 Å². The number of hydrogen-bond acceptors (Lipinski definition) is 5. The fourth-order valence-electron chi connectivity index (χ4n) is 1.72. The second-order valence-corrected chi connectivity index (χ2v) is 5.29. The van der Waals surface area contributed by atoms with E-state index >= 15 is 0 Å². The molecule has 0 saturated heterocycles. The monoisotopic (exact) mass is 301 g/mol. The highest BCUT2D eigenvalue weighted by Gasteiger charge is 2.17. The van der Waals surface area contributed by atoms with Gasteiger partial charge in [0.1, 0.15) is 12.4 Å². The molecule has 21 heavy (non-hydrogen) atoms. The molecule has 108 valence electrons. The maximum absolute atomic E-state index is 12.3. The van der Waals surface area contributed by atoms with Gasteiger partial charge in [-0.15, -0.1) is 10.2 Å². The minimum Gasteiger partial charge on any atom is -0.309 e. The molecule has 0 N–H and O–H groups in total. The lowest BCUT2D eigenvalue weighted by molar-refractivity contribution is -0.116. The number of hydrogen-bond donors (Lipinski definition) is 0. The summed E-state index contributed by atoms with van der Waals surface area (Å²) < 4.78 is 1.83. The molecule has 0 saturated carbocycles. The van der Waals surface area contributed by atoms with E-state index in [0.717, 1.165) is 11.5 Å². The van der Waals surface area contributed by atoms with E-state index in [4.69, 9.17) is 5.26 Å². The summed E-state index contributed by atoms with van der Waals surface area (Å²) in [5.41, 5.74) is 0.721. The number of aryl methyl sites for hydroxylation is 1. The Labute approximate surface area is 127 Å². The zero-order valence-corrected chi connectivity index (χ0v) is 12.7. The van der Waals surface area contributed by atoms with Crippen LogP contribution in [0.15, 0.2) is 35.5 Å². The van der Waals surface area contributed by atoms with Crippen LogP contribution in [0.25, 0.3) is 0 Å². The highest BCUT2D eigenvalue weighted by atomic mass is 32.2. The molecule has 0 aliphatic heterocycles. The van der Waals surface area contributed by atoms with Crippen LogP contribution in [0.5, 0.6) is 0 Å². The summed E-state index contributed by atoms with van der Waals surface area (Å²) >= 11 is 1.31. The van der Waals surface area contributed by atoms with Crippen LogP contribution in [0, 0.1) is 18.3 Å². The van der Waals surface area contributed by atoms with Gasteiger partial charge in [0.05, 0.1) is 11.8 Å². The van der Waals surface area contributed by atoms with Gasteiger partial charge in [-0.1, -0.05) is 30.0 Å². The highest BCUT2D eigenvalue weighted by Crippen LogP contribution is 2.19. The molecule has 2 aromatic rings. The van der Waals surface area contributed by atoms with Crippen LogP contribution in [0.2, 0.25) is 0 Å². The van der Waals surface area contributed by atoms with Gasteiger partial charge in [-0.2, -0.15) is 5.26 Å². The Morgan fingerprint density at radius 1 is 1.38 bits per heavy atom. The number of carbonyl (C=O) groups excluding carboxylic acids is 1. The van der Waals surface area contributed by atoms with E-state index in [2.05, 4.69) is 10.2 Å². The van der Waals surface area contributed by atoms with Crippen molar-refractivity contribution in [1.82, 2.24) is 14.8 Å². The molecule has 2 rings (SSSR count). The number of nitriles is 1. The van der Waals surface area contributed by atoms with Crippen LogP contribution >= 0.6 is 11.8 Å². The molecule has 1 aromatic heterocycles. The first-order valence-corrected chi connectivity index (χ1v) is 7.33. The number of nitrogens with zero attached hydrogens (tertiary/aromatic N) is 5. The van der Waals surface area contributed by atoms with E-state index in [0.29, 0.717) is 5.16 Å². The van der Waals surface area contributed by atoms with Crippen LogP contribution in [-0.2, 0) is 11.8 Å². The molecule has 0 unspecified atom stereocenters. The van der Waals surface area contributed by atoms with E-state index < -0.39 is 0 Å². The quantitative estimate of drug-likeness (QED) is 0.621. The normalized spacial score (nSPS) is 10.1. The van der Waals surface area contributed by atoms with Gasteiger partial charge in [-0.05, 0) is 19.1 Å². The minimum absolute atomic E-state index is 0.0290.